The van der Waals surface area contributed by atoms with Crippen LogP contribution in [0, 0.1) is 17.8 Å². The van der Waals surface area contributed by atoms with Gasteiger partial charge in [-0.05, 0) is 63.2 Å². The van der Waals surface area contributed by atoms with Crippen molar-refractivity contribution in [2.45, 2.75) is 39.2 Å². The zero-order chi connectivity index (χ0) is 14.5. The van der Waals surface area contributed by atoms with Crippen molar-refractivity contribution in [1.82, 2.24) is 4.90 Å². The number of para-hydroxylation sites is 1. The Morgan fingerprint density at radius 3 is 2.60 bits per heavy atom. The zero-order valence-corrected chi connectivity index (χ0v) is 13.5. The molecule has 4 unspecified atom stereocenters. The van der Waals surface area contributed by atoms with Crippen molar-refractivity contribution in [2.75, 3.05) is 26.0 Å². The van der Waals surface area contributed by atoms with E-state index in [0.717, 1.165) is 17.8 Å². The highest BCUT2D eigenvalue weighted by Crippen LogP contribution is 2.37. The first-order valence-electron chi connectivity index (χ1n) is 8.01. The third-order valence-electron chi connectivity index (χ3n) is 4.57. The lowest BCUT2D eigenvalue weighted by atomic mass is 9.88. The van der Waals surface area contributed by atoms with Crippen LogP contribution in [0.25, 0.3) is 0 Å². The van der Waals surface area contributed by atoms with Crippen molar-refractivity contribution in [1.29, 1.82) is 0 Å². The highest BCUT2D eigenvalue weighted by Gasteiger charge is 2.32. The maximum atomic E-state index is 3.70. The van der Waals surface area contributed by atoms with Gasteiger partial charge in [-0.1, -0.05) is 32.0 Å². The van der Waals surface area contributed by atoms with E-state index in [9.17, 15) is 0 Å². The number of rotatable bonds is 6. The average Bonchev–Trinajstić information content (AvgIpc) is 2.69. The molecule has 0 aliphatic heterocycles. The molecule has 0 spiro atoms. The Labute approximate surface area is 126 Å². The molecule has 1 saturated carbocycles. The SMILES string of the molecule is CC(CC1CC(Nc2ccccc2)CC1C)CN(C)C.[H+]. The number of hydrogen-bond donors (Lipinski definition) is 1. The second kappa shape index (κ2) is 7.12. The van der Waals surface area contributed by atoms with E-state index in [1.807, 2.05) is 0 Å². The van der Waals surface area contributed by atoms with E-state index in [1.165, 1.54) is 31.5 Å². The fraction of sp³-hybridized carbons (Fsp3) is 0.667. The van der Waals surface area contributed by atoms with Crippen molar-refractivity contribution in [3.63, 3.8) is 0 Å². The molecule has 2 heteroatoms. The summed E-state index contributed by atoms with van der Waals surface area (Å²) >= 11 is 0. The third-order valence-corrected chi connectivity index (χ3v) is 4.57. The highest BCUT2D eigenvalue weighted by atomic mass is 15.1. The van der Waals surface area contributed by atoms with Gasteiger partial charge in [-0.15, -0.1) is 0 Å². The summed E-state index contributed by atoms with van der Waals surface area (Å²) in [5.41, 5.74) is 1.27. The predicted octanol–water partition coefficient (Wildman–Crippen LogP) is 4.21. The van der Waals surface area contributed by atoms with Crippen LogP contribution in [-0.4, -0.2) is 31.6 Å². The summed E-state index contributed by atoms with van der Waals surface area (Å²) in [6, 6.07) is 11.3. The lowest BCUT2D eigenvalue weighted by molar-refractivity contribution is 0.269. The summed E-state index contributed by atoms with van der Waals surface area (Å²) < 4.78 is 0. The largest absolute Gasteiger partial charge is 1.00 e. The second-order valence-corrected chi connectivity index (χ2v) is 7.02. The molecule has 0 heterocycles. The molecule has 1 aliphatic rings. The molecule has 0 bridgehead atoms. The van der Waals surface area contributed by atoms with E-state index in [2.05, 4.69) is 68.5 Å². The Kier molecular flexibility index (Phi) is 5.47. The van der Waals surface area contributed by atoms with Crippen LogP contribution in [0.2, 0.25) is 0 Å². The molecule has 1 fully saturated rings. The fourth-order valence-corrected chi connectivity index (χ4v) is 3.77. The number of hydrogen-bond acceptors (Lipinski definition) is 2. The molecule has 112 valence electrons. The summed E-state index contributed by atoms with van der Waals surface area (Å²) in [5.74, 6) is 2.53. The lowest BCUT2D eigenvalue weighted by Crippen LogP contribution is -2.22. The molecule has 2 nitrogen and oxygen atoms in total. The first-order chi connectivity index (χ1) is 9.54. The van der Waals surface area contributed by atoms with E-state index < -0.39 is 0 Å². The van der Waals surface area contributed by atoms with Gasteiger partial charge in [0.2, 0.25) is 0 Å². The van der Waals surface area contributed by atoms with Crippen LogP contribution < -0.4 is 5.32 Å². The molecule has 1 aromatic rings. The van der Waals surface area contributed by atoms with Gasteiger partial charge in [0.05, 0.1) is 0 Å². The monoisotopic (exact) mass is 275 g/mol. The maximum Gasteiger partial charge on any atom is 1.00 e. The summed E-state index contributed by atoms with van der Waals surface area (Å²) in [6.45, 7) is 6.03. The molecule has 1 aliphatic carbocycles. The van der Waals surface area contributed by atoms with Crippen LogP contribution in [0.3, 0.4) is 0 Å². The normalized spacial score (nSPS) is 27.8. The summed E-state index contributed by atoms with van der Waals surface area (Å²) in [4.78, 5) is 2.31. The Hall–Kier alpha value is -1.02. The maximum absolute atomic E-state index is 3.70. The zero-order valence-electron chi connectivity index (χ0n) is 14.5. The van der Waals surface area contributed by atoms with E-state index in [4.69, 9.17) is 0 Å². The third kappa shape index (κ3) is 4.52. The van der Waals surface area contributed by atoms with Crippen LogP contribution in [0.5, 0.6) is 0 Å². The number of anilines is 1. The van der Waals surface area contributed by atoms with Crippen molar-refractivity contribution in [2.24, 2.45) is 17.8 Å². The minimum Gasteiger partial charge on any atom is -0.382 e. The minimum atomic E-state index is 0. The van der Waals surface area contributed by atoms with E-state index >= 15 is 0 Å². The van der Waals surface area contributed by atoms with Gasteiger partial charge in [-0.25, -0.2) is 0 Å². The molecule has 0 radical (unpaired) electrons. The van der Waals surface area contributed by atoms with Gasteiger partial charge in [0.1, 0.15) is 0 Å². The number of benzene rings is 1. The van der Waals surface area contributed by atoms with Gasteiger partial charge >= 0.3 is 1.43 Å². The Bertz CT molecular complexity index is 393. The fourth-order valence-electron chi connectivity index (χ4n) is 3.77. The topological polar surface area (TPSA) is 15.3 Å². The first kappa shape index (κ1) is 15.4. The standard InChI is InChI=1S/C18H30N2/c1-14(13-20(3)4)10-16-12-18(11-15(16)2)19-17-8-6-5-7-9-17/h5-9,14-16,18-19H,10-13H2,1-4H3/p+1. The molecular formula is C18H31N2+. The van der Waals surface area contributed by atoms with E-state index in [-0.39, 0.29) is 1.43 Å². The minimum absolute atomic E-state index is 0. The van der Waals surface area contributed by atoms with Crippen LogP contribution >= 0.6 is 0 Å². The lowest BCUT2D eigenvalue weighted by Gasteiger charge is -2.22. The van der Waals surface area contributed by atoms with Crippen molar-refractivity contribution >= 4 is 5.69 Å². The molecule has 20 heavy (non-hydrogen) atoms. The van der Waals surface area contributed by atoms with Crippen LogP contribution in [0.1, 0.15) is 34.5 Å². The molecule has 1 aromatic carbocycles. The molecule has 2 rings (SSSR count). The van der Waals surface area contributed by atoms with E-state index in [1.54, 1.807) is 0 Å². The Balaban J connectivity index is 0.00000220. The van der Waals surface area contributed by atoms with Crippen LogP contribution in [0.15, 0.2) is 30.3 Å². The van der Waals surface area contributed by atoms with Gasteiger partial charge < -0.3 is 10.2 Å². The van der Waals surface area contributed by atoms with Gasteiger partial charge in [0, 0.05) is 18.3 Å². The first-order valence-corrected chi connectivity index (χ1v) is 8.01. The number of nitrogens with zero attached hydrogens (tertiary/aromatic N) is 1. The molecule has 1 N–H and O–H groups in total. The number of nitrogens with one attached hydrogen (secondary N) is 1. The quantitative estimate of drug-likeness (QED) is 0.836. The Morgan fingerprint density at radius 2 is 1.95 bits per heavy atom. The second-order valence-electron chi connectivity index (χ2n) is 7.02. The van der Waals surface area contributed by atoms with Gasteiger partial charge in [0.25, 0.3) is 0 Å². The van der Waals surface area contributed by atoms with Gasteiger partial charge in [-0.3, -0.25) is 0 Å². The highest BCUT2D eigenvalue weighted by molar-refractivity contribution is 5.43. The summed E-state index contributed by atoms with van der Waals surface area (Å²) in [6.07, 6.45) is 4.01. The van der Waals surface area contributed by atoms with Crippen molar-refractivity contribution in [3.05, 3.63) is 30.3 Å². The average molecular weight is 275 g/mol. The molecular weight excluding hydrogens is 244 g/mol. The molecule has 4 atom stereocenters. The molecule has 0 saturated heterocycles. The van der Waals surface area contributed by atoms with Crippen LogP contribution in [-0.2, 0) is 0 Å². The predicted molar refractivity (Wildman–Crippen MR) is 89.2 cm³/mol. The van der Waals surface area contributed by atoms with Crippen LogP contribution in [0.4, 0.5) is 5.69 Å². The summed E-state index contributed by atoms with van der Waals surface area (Å²) in [7, 11) is 4.35. The smallest absolute Gasteiger partial charge is 0.382 e. The molecule has 0 amide bonds. The van der Waals surface area contributed by atoms with Gasteiger partial charge in [0.15, 0.2) is 0 Å². The molecule has 0 aromatic heterocycles. The van der Waals surface area contributed by atoms with Gasteiger partial charge in [-0.2, -0.15) is 0 Å². The van der Waals surface area contributed by atoms with Crippen molar-refractivity contribution < 1.29 is 1.43 Å². The Morgan fingerprint density at radius 1 is 1.25 bits per heavy atom. The van der Waals surface area contributed by atoms with E-state index in [0.29, 0.717) is 6.04 Å². The van der Waals surface area contributed by atoms with Crippen molar-refractivity contribution in [3.8, 4) is 0 Å². The summed E-state index contributed by atoms with van der Waals surface area (Å²) in [5, 5.41) is 3.70.